The van der Waals surface area contributed by atoms with Gasteiger partial charge in [0.05, 0.1) is 15.6 Å². The predicted octanol–water partition coefficient (Wildman–Crippen LogP) is 2.52. The van der Waals surface area contributed by atoms with Crippen LogP contribution in [0.4, 0.5) is 4.39 Å². The second kappa shape index (κ2) is 5.10. The van der Waals surface area contributed by atoms with E-state index in [1.54, 1.807) is 13.8 Å². The van der Waals surface area contributed by atoms with Crippen LogP contribution in [0.3, 0.4) is 0 Å². The van der Waals surface area contributed by atoms with Crippen LogP contribution in [0.1, 0.15) is 13.8 Å². The molecule has 8 heteroatoms. The van der Waals surface area contributed by atoms with Gasteiger partial charge in [0.1, 0.15) is 4.90 Å². The van der Waals surface area contributed by atoms with E-state index in [4.69, 9.17) is 23.2 Å². The lowest BCUT2D eigenvalue weighted by Gasteiger charge is -2.47. The van der Waals surface area contributed by atoms with E-state index in [-0.39, 0.29) is 28.9 Å². The zero-order valence-electron chi connectivity index (χ0n) is 10.9. The molecule has 0 unspecified atom stereocenters. The summed E-state index contributed by atoms with van der Waals surface area (Å²) in [7, 11) is -3.93. The Morgan fingerprint density at radius 2 is 1.90 bits per heavy atom. The summed E-state index contributed by atoms with van der Waals surface area (Å²) < 4.78 is 39.3. The fourth-order valence-electron chi connectivity index (χ4n) is 1.95. The lowest BCUT2D eigenvalue weighted by molar-refractivity contribution is -0.0932. The van der Waals surface area contributed by atoms with E-state index in [1.807, 2.05) is 0 Å². The van der Waals surface area contributed by atoms with Gasteiger partial charge < -0.3 is 5.11 Å². The molecule has 0 atom stereocenters. The van der Waals surface area contributed by atoms with Crippen LogP contribution >= 0.6 is 23.2 Å². The van der Waals surface area contributed by atoms with Gasteiger partial charge in [0.2, 0.25) is 10.0 Å². The molecule has 0 aromatic heterocycles. The van der Waals surface area contributed by atoms with Gasteiger partial charge in [-0.1, -0.05) is 37.0 Å². The lowest BCUT2D eigenvalue weighted by atomic mass is 9.85. The molecule has 4 nitrogen and oxygen atoms in total. The van der Waals surface area contributed by atoms with Gasteiger partial charge in [-0.3, -0.25) is 0 Å². The molecule has 20 heavy (non-hydrogen) atoms. The average Bonchev–Trinajstić information content (AvgIpc) is 2.31. The van der Waals surface area contributed by atoms with Crippen LogP contribution in [0, 0.1) is 11.7 Å². The SMILES string of the molecule is CC(C)C1(O)CN(S(=O)(=O)c2ccc(Cl)c(F)c2Cl)C1. The Balaban J connectivity index is 2.33. The summed E-state index contributed by atoms with van der Waals surface area (Å²) >= 11 is 11.3. The Kier molecular flexibility index (Phi) is 4.08. The van der Waals surface area contributed by atoms with Gasteiger partial charge in [0.25, 0.3) is 0 Å². The van der Waals surface area contributed by atoms with E-state index in [1.165, 1.54) is 0 Å². The minimum atomic E-state index is -3.93. The number of nitrogens with zero attached hydrogens (tertiary/aromatic N) is 1. The third-order valence-corrected chi connectivity index (χ3v) is 6.20. The lowest BCUT2D eigenvalue weighted by Crippen LogP contribution is -2.65. The van der Waals surface area contributed by atoms with Crippen LogP contribution in [0.2, 0.25) is 10.0 Å². The maximum Gasteiger partial charge on any atom is 0.244 e. The summed E-state index contributed by atoms with van der Waals surface area (Å²) in [6, 6.07) is 2.31. The van der Waals surface area contributed by atoms with Gasteiger partial charge in [-0.2, -0.15) is 4.31 Å². The minimum Gasteiger partial charge on any atom is -0.387 e. The predicted molar refractivity (Wildman–Crippen MR) is 75.0 cm³/mol. The van der Waals surface area contributed by atoms with Crippen molar-refractivity contribution in [1.82, 2.24) is 4.31 Å². The molecular formula is C12H14Cl2FNO3S. The first-order chi connectivity index (χ1) is 9.09. The zero-order valence-corrected chi connectivity index (χ0v) is 13.2. The number of halogens is 3. The third-order valence-electron chi connectivity index (χ3n) is 3.59. The van der Waals surface area contributed by atoms with Gasteiger partial charge in [-0.15, -0.1) is 0 Å². The zero-order chi connectivity index (χ0) is 15.3. The third kappa shape index (κ3) is 2.44. The quantitative estimate of drug-likeness (QED) is 0.859. The largest absolute Gasteiger partial charge is 0.387 e. The Morgan fingerprint density at radius 3 is 2.40 bits per heavy atom. The highest BCUT2D eigenvalue weighted by Crippen LogP contribution is 2.37. The average molecular weight is 342 g/mol. The first-order valence-corrected chi connectivity index (χ1v) is 8.15. The summed E-state index contributed by atoms with van der Waals surface area (Å²) in [6.45, 7) is 3.54. The van der Waals surface area contributed by atoms with Gasteiger partial charge >= 0.3 is 0 Å². The number of sulfonamides is 1. The second-order valence-electron chi connectivity index (χ2n) is 5.20. The Hall–Kier alpha value is -0.400. The number of hydrogen-bond donors (Lipinski definition) is 1. The van der Waals surface area contributed by atoms with E-state index in [0.29, 0.717) is 0 Å². The van der Waals surface area contributed by atoms with E-state index >= 15 is 0 Å². The molecular weight excluding hydrogens is 328 g/mol. The van der Waals surface area contributed by atoms with Gasteiger partial charge in [-0.25, -0.2) is 12.8 Å². The van der Waals surface area contributed by atoms with Crippen LogP contribution in [-0.2, 0) is 10.0 Å². The number of β-amino-alcohol motifs (C(OH)–C–C–N with tert-alkyl or cyclic N) is 1. The van der Waals surface area contributed by atoms with Crippen molar-refractivity contribution in [2.75, 3.05) is 13.1 Å². The van der Waals surface area contributed by atoms with E-state index in [2.05, 4.69) is 0 Å². The Bertz CT molecular complexity index is 642. The van der Waals surface area contributed by atoms with Crippen molar-refractivity contribution in [3.05, 3.63) is 28.0 Å². The standard InChI is InChI=1S/C12H14Cl2FNO3S/c1-7(2)12(17)5-16(6-12)20(18,19)9-4-3-8(13)11(15)10(9)14/h3-4,7,17H,5-6H2,1-2H3. The molecule has 1 aromatic carbocycles. The summed E-state index contributed by atoms with van der Waals surface area (Å²) in [5, 5.41) is 9.33. The molecule has 0 saturated carbocycles. The summed E-state index contributed by atoms with van der Waals surface area (Å²) in [5.41, 5.74) is -1.05. The molecule has 2 rings (SSSR count). The van der Waals surface area contributed by atoms with Crippen LogP contribution in [0.5, 0.6) is 0 Å². The monoisotopic (exact) mass is 341 g/mol. The highest BCUT2D eigenvalue weighted by molar-refractivity contribution is 7.89. The molecule has 0 spiro atoms. The Labute approximate surface area is 127 Å². The molecule has 1 aromatic rings. The molecule has 0 bridgehead atoms. The first-order valence-electron chi connectivity index (χ1n) is 5.95. The molecule has 1 heterocycles. The van der Waals surface area contributed by atoms with Crippen LogP contribution in [-0.4, -0.2) is 36.5 Å². The van der Waals surface area contributed by atoms with Crippen molar-refractivity contribution >= 4 is 33.2 Å². The van der Waals surface area contributed by atoms with Crippen molar-refractivity contribution in [3.63, 3.8) is 0 Å². The van der Waals surface area contributed by atoms with Crippen LogP contribution < -0.4 is 0 Å². The Morgan fingerprint density at radius 1 is 1.35 bits per heavy atom. The molecule has 0 radical (unpaired) electrons. The van der Waals surface area contributed by atoms with E-state index < -0.39 is 26.5 Å². The number of benzene rings is 1. The topological polar surface area (TPSA) is 57.6 Å². The van der Waals surface area contributed by atoms with E-state index in [0.717, 1.165) is 16.4 Å². The molecule has 112 valence electrons. The highest BCUT2D eigenvalue weighted by Gasteiger charge is 2.49. The maximum absolute atomic E-state index is 13.6. The molecule has 1 fully saturated rings. The van der Waals surface area contributed by atoms with Crippen molar-refractivity contribution in [2.24, 2.45) is 5.92 Å². The fraction of sp³-hybridized carbons (Fsp3) is 0.500. The minimum absolute atomic E-state index is 0.0342. The highest BCUT2D eigenvalue weighted by atomic mass is 35.5. The van der Waals surface area contributed by atoms with Gasteiger partial charge in [0, 0.05) is 13.1 Å². The molecule has 1 saturated heterocycles. The number of aliphatic hydroxyl groups is 1. The summed E-state index contributed by atoms with van der Waals surface area (Å²) in [6.07, 6.45) is 0. The number of rotatable bonds is 3. The van der Waals surface area contributed by atoms with Crippen molar-refractivity contribution in [3.8, 4) is 0 Å². The molecule has 0 amide bonds. The van der Waals surface area contributed by atoms with Crippen LogP contribution in [0.25, 0.3) is 0 Å². The normalized spacial score (nSPS) is 19.1. The maximum atomic E-state index is 13.6. The summed E-state index contributed by atoms with van der Waals surface area (Å²) in [5.74, 6) is -1.04. The first kappa shape index (κ1) is 16.0. The molecule has 1 aliphatic heterocycles. The molecule has 0 aliphatic carbocycles. The van der Waals surface area contributed by atoms with Gasteiger partial charge in [-0.05, 0) is 18.1 Å². The fourth-order valence-corrected chi connectivity index (χ4v) is 4.23. The van der Waals surface area contributed by atoms with E-state index in [9.17, 15) is 17.9 Å². The smallest absolute Gasteiger partial charge is 0.244 e. The van der Waals surface area contributed by atoms with Crippen LogP contribution in [0.15, 0.2) is 17.0 Å². The molecule has 1 N–H and O–H groups in total. The van der Waals surface area contributed by atoms with Gasteiger partial charge in [0.15, 0.2) is 5.82 Å². The second-order valence-corrected chi connectivity index (χ2v) is 7.90. The molecule has 1 aliphatic rings. The van der Waals surface area contributed by atoms with Crippen molar-refractivity contribution in [1.29, 1.82) is 0 Å². The summed E-state index contributed by atoms with van der Waals surface area (Å²) in [4.78, 5) is -0.341. The van der Waals surface area contributed by atoms with Crippen molar-refractivity contribution < 1.29 is 17.9 Å². The number of hydrogen-bond acceptors (Lipinski definition) is 3. The van der Waals surface area contributed by atoms with Crippen molar-refractivity contribution in [2.45, 2.75) is 24.3 Å².